The smallest absolute Gasteiger partial charge is 0.328 e. The number of methoxy groups -OCH3 is 2. The third-order valence-corrected chi connectivity index (χ3v) is 3.52. The minimum Gasteiger partial charge on any atom is -0.497 e. The molecule has 0 aliphatic rings. The summed E-state index contributed by atoms with van der Waals surface area (Å²) in [7, 11) is 2.84. The lowest BCUT2D eigenvalue weighted by Gasteiger charge is -2.18. The molecule has 1 amide bonds. The first-order valence-corrected chi connectivity index (χ1v) is 7.91. The van der Waals surface area contributed by atoms with Crippen LogP contribution < -0.4 is 10.1 Å². The molecule has 1 aromatic carbocycles. The van der Waals surface area contributed by atoms with Crippen molar-refractivity contribution in [2.45, 2.75) is 39.2 Å². The van der Waals surface area contributed by atoms with E-state index in [9.17, 15) is 14.4 Å². The molecule has 0 saturated heterocycles. The fraction of sp³-hybridized carbons (Fsp3) is 0.500. The Morgan fingerprint density at radius 3 is 2.17 bits per heavy atom. The SMILES string of the molecule is COC(=O)C(CC(C)C)NC(=O)CCC(=O)c1ccc(OC)cc1. The molecule has 132 valence electrons. The van der Waals surface area contributed by atoms with Crippen molar-refractivity contribution in [2.24, 2.45) is 5.92 Å². The maximum atomic E-state index is 12.1. The lowest BCUT2D eigenvalue weighted by molar-refractivity contribution is -0.145. The van der Waals surface area contributed by atoms with Crippen LogP contribution in [0.25, 0.3) is 0 Å². The molecular weight excluding hydrogens is 310 g/mol. The van der Waals surface area contributed by atoms with Gasteiger partial charge in [0.1, 0.15) is 11.8 Å². The monoisotopic (exact) mass is 335 g/mol. The largest absolute Gasteiger partial charge is 0.497 e. The van der Waals surface area contributed by atoms with Crippen molar-refractivity contribution in [3.05, 3.63) is 29.8 Å². The number of ether oxygens (including phenoxy) is 2. The van der Waals surface area contributed by atoms with E-state index in [0.29, 0.717) is 17.7 Å². The van der Waals surface area contributed by atoms with Crippen molar-refractivity contribution in [2.75, 3.05) is 14.2 Å². The fourth-order valence-electron chi connectivity index (χ4n) is 2.24. The van der Waals surface area contributed by atoms with Crippen LogP contribution in [0.3, 0.4) is 0 Å². The van der Waals surface area contributed by atoms with E-state index in [2.05, 4.69) is 5.32 Å². The molecule has 6 heteroatoms. The van der Waals surface area contributed by atoms with Crippen LogP contribution in [0.5, 0.6) is 5.75 Å². The second-order valence-electron chi connectivity index (χ2n) is 5.92. The number of carbonyl (C=O) groups is 3. The average molecular weight is 335 g/mol. The molecule has 1 atom stereocenters. The van der Waals surface area contributed by atoms with Gasteiger partial charge in [0.15, 0.2) is 5.78 Å². The summed E-state index contributed by atoms with van der Waals surface area (Å²) < 4.78 is 9.73. The molecule has 0 aromatic heterocycles. The number of benzene rings is 1. The number of nitrogens with one attached hydrogen (secondary N) is 1. The second-order valence-corrected chi connectivity index (χ2v) is 5.92. The first kappa shape index (κ1) is 19.7. The van der Waals surface area contributed by atoms with E-state index in [1.807, 2.05) is 13.8 Å². The Kier molecular flexibility index (Phi) is 7.95. The van der Waals surface area contributed by atoms with Crippen molar-refractivity contribution in [1.29, 1.82) is 0 Å². The highest BCUT2D eigenvalue weighted by atomic mass is 16.5. The molecule has 1 N–H and O–H groups in total. The Balaban J connectivity index is 2.53. The molecule has 0 heterocycles. The zero-order chi connectivity index (χ0) is 18.1. The van der Waals surface area contributed by atoms with E-state index >= 15 is 0 Å². The van der Waals surface area contributed by atoms with Gasteiger partial charge in [-0.25, -0.2) is 4.79 Å². The molecule has 0 saturated carbocycles. The molecule has 1 rings (SSSR count). The van der Waals surface area contributed by atoms with Crippen LogP contribution in [0, 0.1) is 5.92 Å². The molecule has 0 fully saturated rings. The highest BCUT2D eigenvalue weighted by Crippen LogP contribution is 2.13. The number of hydrogen-bond donors (Lipinski definition) is 1. The Morgan fingerprint density at radius 2 is 1.67 bits per heavy atom. The van der Waals surface area contributed by atoms with E-state index in [-0.39, 0.29) is 30.4 Å². The van der Waals surface area contributed by atoms with E-state index in [4.69, 9.17) is 9.47 Å². The minimum atomic E-state index is -0.682. The predicted molar refractivity (Wildman–Crippen MR) is 90.0 cm³/mol. The number of carbonyl (C=O) groups excluding carboxylic acids is 3. The molecule has 1 unspecified atom stereocenters. The topological polar surface area (TPSA) is 81.7 Å². The summed E-state index contributed by atoms with van der Waals surface area (Å²) in [5.41, 5.74) is 0.523. The molecular formula is C18H25NO5. The van der Waals surface area contributed by atoms with Gasteiger partial charge in [0.25, 0.3) is 0 Å². The van der Waals surface area contributed by atoms with Crippen LogP contribution in [0.1, 0.15) is 43.5 Å². The van der Waals surface area contributed by atoms with Gasteiger partial charge in [-0.05, 0) is 36.6 Å². The number of esters is 1. The highest BCUT2D eigenvalue weighted by Gasteiger charge is 2.22. The van der Waals surface area contributed by atoms with Crippen molar-refractivity contribution >= 4 is 17.7 Å². The summed E-state index contributed by atoms with van der Waals surface area (Å²) in [6.07, 6.45) is 0.592. The predicted octanol–water partition coefficient (Wildman–Crippen LogP) is 2.36. The normalized spacial score (nSPS) is 11.7. The molecule has 0 aliphatic carbocycles. The Morgan fingerprint density at radius 1 is 1.04 bits per heavy atom. The van der Waals surface area contributed by atoms with Crippen LogP contribution in [-0.4, -0.2) is 37.9 Å². The van der Waals surface area contributed by atoms with Crippen molar-refractivity contribution < 1.29 is 23.9 Å². The van der Waals surface area contributed by atoms with Crippen LogP contribution >= 0.6 is 0 Å². The summed E-state index contributed by atoms with van der Waals surface area (Å²) in [6.45, 7) is 3.91. The molecule has 1 aromatic rings. The zero-order valence-corrected chi connectivity index (χ0v) is 14.6. The van der Waals surface area contributed by atoms with Crippen LogP contribution in [0.15, 0.2) is 24.3 Å². The summed E-state index contributed by atoms with van der Waals surface area (Å²) >= 11 is 0. The third kappa shape index (κ3) is 6.40. The van der Waals surface area contributed by atoms with Gasteiger partial charge in [0.05, 0.1) is 14.2 Å². The number of amides is 1. The lowest BCUT2D eigenvalue weighted by Crippen LogP contribution is -2.42. The third-order valence-electron chi connectivity index (χ3n) is 3.52. The van der Waals surface area contributed by atoms with Crippen LogP contribution in [-0.2, 0) is 14.3 Å². The molecule has 0 bridgehead atoms. The number of Topliss-reactive ketones (excluding diaryl/α,β-unsaturated/α-hetero) is 1. The first-order valence-electron chi connectivity index (χ1n) is 7.91. The maximum Gasteiger partial charge on any atom is 0.328 e. The number of rotatable bonds is 9. The van der Waals surface area contributed by atoms with Gasteiger partial charge < -0.3 is 14.8 Å². The molecule has 6 nitrogen and oxygen atoms in total. The quantitative estimate of drug-likeness (QED) is 0.553. The van der Waals surface area contributed by atoms with Crippen molar-refractivity contribution in [3.8, 4) is 5.75 Å². The van der Waals surface area contributed by atoms with Gasteiger partial charge in [-0.15, -0.1) is 0 Å². The molecule has 24 heavy (non-hydrogen) atoms. The van der Waals surface area contributed by atoms with Gasteiger partial charge in [-0.3, -0.25) is 9.59 Å². The van der Waals surface area contributed by atoms with Crippen molar-refractivity contribution in [3.63, 3.8) is 0 Å². The van der Waals surface area contributed by atoms with Gasteiger partial charge >= 0.3 is 5.97 Å². The highest BCUT2D eigenvalue weighted by molar-refractivity contribution is 5.98. The van der Waals surface area contributed by atoms with Gasteiger partial charge in [-0.1, -0.05) is 13.8 Å². The van der Waals surface area contributed by atoms with Crippen LogP contribution in [0.2, 0.25) is 0 Å². The fourth-order valence-corrected chi connectivity index (χ4v) is 2.24. The Labute approximate surface area is 142 Å². The summed E-state index contributed by atoms with van der Waals surface area (Å²) in [4.78, 5) is 35.8. The van der Waals surface area contributed by atoms with Crippen molar-refractivity contribution in [1.82, 2.24) is 5.32 Å². The molecule has 0 radical (unpaired) electrons. The second kappa shape index (κ2) is 9.70. The van der Waals surface area contributed by atoms with Gasteiger partial charge in [0.2, 0.25) is 5.91 Å². The lowest BCUT2D eigenvalue weighted by atomic mass is 10.0. The molecule has 0 aliphatic heterocycles. The zero-order valence-electron chi connectivity index (χ0n) is 14.6. The van der Waals surface area contributed by atoms with E-state index in [1.165, 1.54) is 7.11 Å². The van der Waals surface area contributed by atoms with Gasteiger partial charge in [-0.2, -0.15) is 0 Å². The summed E-state index contributed by atoms with van der Waals surface area (Å²) in [5.74, 6) is -0.0491. The Bertz CT molecular complexity index is 565. The summed E-state index contributed by atoms with van der Waals surface area (Å²) in [5, 5.41) is 2.64. The molecule has 0 spiro atoms. The van der Waals surface area contributed by atoms with E-state index < -0.39 is 12.0 Å². The standard InChI is InChI=1S/C18H25NO5/c1-12(2)11-15(18(22)24-4)19-17(21)10-9-16(20)13-5-7-14(23-3)8-6-13/h5-8,12,15H,9-11H2,1-4H3,(H,19,21). The number of ketones is 1. The number of hydrogen-bond acceptors (Lipinski definition) is 5. The first-order chi connectivity index (χ1) is 11.4. The Hall–Kier alpha value is -2.37. The summed E-state index contributed by atoms with van der Waals surface area (Å²) in [6, 6.07) is 6.04. The average Bonchev–Trinajstić information content (AvgIpc) is 2.58. The van der Waals surface area contributed by atoms with Crippen LogP contribution in [0.4, 0.5) is 0 Å². The van der Waals surface area contributed by atoms with Gasteiger partial charge in [0, 0.05) is 18.4 Å². The minimum absolute atomic E-state index is 0.0243. The maximum absolute atomic E-state index is 12.1. The van der Waals surface area contributed by atoms with E-state index in [0.717, 1.165) is 0 Å². The van der Waals surface area contributed by atoms with E-state index in [1.54, 1.807) is 31.4 Å².